The number of nitrogens with one attached hydrogen (secondary N) is 1. The number of piperidine rings is 1. The molecule has 4 amide bonds. The summed E-state index contributed by atoms with van der Waals surface area (Å²) in [7, 11) is 0. The molecule has 8 rings (SSSR count). The predicted molar refractivity (Wildman–Crippen MR) is 189 cm³/mol. The van der Waals surface area contributed by atoms with Gasteiger partial charge < -0.3 is 14.7 Å². The number of halogens is 1. The lowest BCUT2D eigenvalue weighted by Gasteiger charge is -2.37. The van der Waals surface area contributed by atoms with Crippen molar-refractivity contribution in [3.05, 3.63) is 123 Å². The fourth-order valence-corrected chi connectivity index (χ4v) is 8.42. The van der Waals surface area contributed by atoms with Crippen LogP contribution in [-0.4, -0.2) is 77.4 Å². The van der Waals surface area contributed by atoms with Gasteiger partial charge in [-0.1, -0.05) is 54.6 Å². The Morgan fingerprint density at radius 1 is 0.840 bits per heavy atom. The zero-order chi connectivity index (χ0) is 34.5. The molecule has 4 aromatic rings. The van der Waals surface area contributed by atoms with Crippen molar-refractivity contribution < 1.29 is 29.0 Å². The van der Waals surface area contributed by atoms with Crippen LogP contribution in [0.2, 0.25) is 0 Å². The quantitative estimate of drug-likeness (QED) is 0.260. The molecule has 0 aromatic heterocycles. The van der Waals surface area contributed by atoms with Crippen molar-refractivity contribution >= 4 is 45.2 Å². The molecule has 2 fully saturated rings. The van der Waals surface area contributed by atoms with Crippen LogP contribution in [0, 0.1) is 0 Å². The lowest BCUT2D eigenvalue weighted by molar-refractivity contribution is -0.136. The van der Waals surface area contributed by atoms with E-state index in [1.807, 2.05) is 18.2 Å². The maximum absolute atomic E-state index is 13.5. The number of aromatic hydroxyl groups is 1. The highest BCUT2D eigenvalue weighted by Crippen LogP contribution is 2.47. The van der Waals surface area contributed by atoms with Crippen molar-refractivity contribution in [2.75, 3.05) is 37.7 Å². The molecule has 4 heterocycles. The van der Waals surface area contributed by atoms with Gasteiger partial charge in [0.2, 0.25) is 11.8 Å². The molecular formula is C39H35BrN4O6. The van der Waals surface area contributed by atoms with Crippen LogP contribution in [0.5, 0.6) is 11.5 Å². The van der Waals surface area contributed by atoms with E-state index in [1.165, 1.54) is 11.1 Å². The summed E-state index contributed by atoms with van der Waals surface area (Å²) in [5, 5.41) is 12.4. The first-order valence-corrected chi connectivity index (χ1v) is 17.7. The van der Waals surface area contributed by atoms with E-state index in [-0.39, 0.29) is 41.6 Å². The molecule has 0 bridgehead atoms. The molecular weight excluding hydrogens is 700 g/mol. The molecule has 4 aromatic carbocycles. The summed E-state index contributed by atoms with van der Waals surface area (Å²) in [6.07, 6.45) is 0.203. The predicted octanol–water partition coefficient (Wildman–Crippen LogP) is 5.19. The Bertz CT molecular complexity index is 2010. The Kier molecular flexibility index (Phi) is 8.40. The first-order chi connectivity index (χ1) is 24.3. The maximum Gasteiger partial charge on any atom is 0.263 e. The second-order valence-electron chi connectivity index (χ2n) is 13.3. The molecule has 4 aliphatic heterocycles. The highest BCUT2D eigenvalue weighted by molar-refractivity contribution is 9.10. The number of nitrogens with zero attached hydrogens (tertiary/aromatic N) is 3. The molecule has 50 heavy (non-hydrogen) atoms. The number of anilines is 1. The van der Waals surface area contributed by atoms with Gasteiger partial charge in [-0.05, 0) is 63.3 Å². The van der Waals surface area contributed by atoms with Gasteiger partial charge >= 0.3 is 0 Å². The zero-order valence-electron chi connectivity index (χ0n) is 27.2. The number of benzene rings is 4. The number of carbonyl (C=O) groups excluding carboxylic acids is 4. The number of imide groups is 2. The van der Waals surface area contributed by atoms with Crippen molar-refractivity contribution in [2.24, 2.45) is 0 Å². The van der Waals surface area contributed by atoms with Crippen LogP contribution in [0.4, 0.5) is 5.69 Å². The van der Waals surface area contributed by atoms with Gasteiger partial charge in [0.25, 0.3) is 11.8 Å². The SMILES string of the molecule is O=C1CCC(N2C(=O)c3ccc(CN4CCN(c5ccc([C@@H]6c7ccc(O)cc7OC[C@@H]6c6ccccc6)cc5)CC4)c(Br)c3C2=O)C(=O)N1. The lowest BCUT2D eigenvalue weighted by atomic mass is 9.76. The maximum atomic E-state index is 13.5. The normalized spacial score (nSPS) is 22.2. The van der Waals surface area contributed by atoms with Crippen LogP contribution in [0.25, 0.3) is 0 Å². The summed E-state index contributed by atoms with van der Waals surface area (Å²) in [4.78, 5) is 56.5. The van der Waals surface area contributed by atoms with Crippen molar-refractivity contribution in [1.82, 2.24) is 15.1 Å². The number of hydrogen-bond donors (Lipinski definition) is 2. The Labute approximate surface area is 297 Å². The number of phenols is 1. The van der Waals surface area contributed by atoms with E-state index in [4.69, 9.17) is 4.74 Å². The molecule has 1 unspecified atom stereocenters. The van der Waals surface area contributed by atoms with Gasteiger partial charge in [0.05, 0.1) is 17.7 Å². The second kappa shape index (κ2) is 13.0. The minimum atomic E-state index is -0.996. The highest BCUT2D eigenvalue weighted by atomic mass is 79.9. The molecule has 0 saturated carbocycles. The molecule has 0 spiro atoms. The van der Waals surface area contributed by atoms with Crippen molar-refractivity contribution in [2.45, 2.75) is 37.3 Å². The van der Waals surface area contributed by atoms with E-state index in [0.717, 1.165) is 53.6 Å². The van der Waals surface area contributed by atoms with E-state index in [1.54, 1.807) is 18.2 Å². The first-order valence-electron chi connectivity index (χ1n) is 16.9. The Hall–Kier alpha value is -5.00. The second-order valence-corrected chi connectivity index (χ2v) is 14.1. The number of hydrogen-bond acceptors (Lipinski definition) is 8. The summed E-state index contributed by atoms with van der Waals surface area (Å²) in [6.45, 7) is 4.40. The molecule has 10 nitrogen and oxygen atoms in total. The molecule has 254 valence electrons. The number of carbonyl (C=O) groups is 4. The summed E-state index contributed by atoms with van der Waals surface area (Å²) in [6, 6.07) is 27.2. The van der Waals surface area contributed by atoms with E-state index >= 15 is 0 Å². The monoisotopic (exact) mass is 734 g/mol. The lowest BCUT2D eigenvalue weighted by Crippen LogP contribution is -2.54. The van der Waals surface area contributed by atoms with Crippen LogP contribution in [-0.2, 0) is 16.1 Å². The summed E-state index contributed by atoms with van der Waals surface area (Å²) >= 11 is 3.61. The van der Waals surface area contributed by atoms with Crippen LogP contribution in [0.15, 0.2) is 89.4 Å². The molecule has 11 heteroatoms. The van der Waals surface area contributed by atoms with E-state index < -0.39 is 29.7 Å². The molecule has 0 radical (unpaired) electrons. The largest absolute Gasteiger partial charge is 0.508 e. The minimum Gasteiger partial charge on any atom is -0.508 e. The van der Waals surface area contributed by atoms with Crippen LogP contribution in [0.1, 0.15) is 67.6 Å². The Balaban J connectivity index is 0.947. The number of amides is 4. The van der Waals surface area contributed by atoms with Gasteiger partial charge in [-0.2, -0.15) is 0 Å². The fraction of sp³-hybridized carbons (Fsp3) is 0.282. The fourth-order valence-electron chi connectivity index (χ4n) is 7.78. The summed E-state index contributed by atoms with van der Waals surface area (Å²) < 4.78 is 6.71. The zero-order valence-corrected chi connectivity index (χ0v) is 28.8. The molecule has 2 saturated heterocycles. The van der Waals surface area contributed by atoms with E-state index in [9.17, 15) is 24.3 Å². The smallest absolute Gasteiger partial charge is 0.263 e. The van der Waals surface area contributed by atoms with Crippen molar-refractivity contribution in [1.29, 1.82) is 0 Å². The molecule has 3 atom stereocenters. The third-order valence-corrected chi connectivity index (χ3v) is 11.3. The summed E-state index contributed by atoms with van der Waals surface area (Å²) in [5.41, 5.74) is 6.06. The molecule has 4 aliphatic rings. The number of phenolic OH excluding ortho intramolecular Hbond substituents is 1. The summed E-state index contributed by atoms with van der Waals surface area (Å²) in [5.74, 6) is -0.915. The third-order valence-electron chi connectivity index (χ3n) is 10.4. The Morgan fingerprint density at radius 3 is 2.34 bits per heavy atom. The number of ether oxygens (including phenoxy) is 1. The van der Waals surface area contributed by atoms with Gasteiger partial charge in [0.1, 0.15) is 17.5 Å². The van der Waals surface area contributed by atoms with Gasteiger partial charge in [0, 0.05) is 72.8 Å². The van der Waals surface area contributed by atoms with Gasteiger partial charge in [-0.25, -0.2) is 0 Å². The van der Waals surface area contributed by atoms with Gasteiger partial charge in [-0.15, -0.1) is 0 Å². The molecule has 2 N–H and O–H groups in total. The van der Waals surface area contributed by atoms with Crippen LogP contribution in [0.3, 0.4) is 0 Å². The topological polar surface area (TPSA) is 119 Å². The van der Waals surface area contributed by atoms with E-state index in [2.05, 4.69) is 79.6 Å². The highest BCUT2D eigenvalue weighted by Gasteiger charge is 2.46. The van der Waals surface area contributed by atoms with E-state index in [0.29, 0.717) is 17.6 Å². The standard InChI is InChI=1S/C39H35BrN4O6/c40-36-25(8-12-29-35(36)39(49)44(38(29)48)31-14-15-33(46)41-37(31)47)21-42-16-18-43(19-17-42)26-9-6-24(7-10-26)34-28-13-11-27(45)20-32(28)50-22-30(34)23-4-2-1-3-5-23/h1-13,20,30-31,34,45H,14-19,21-22H2,(H,41,46,47)/t30-,31?,34-/m1/s1. The number of rotatable bonds is 6. The Morgan fingerprint density at radius 2 is 1.60 bits per heavy atom. The van der Waals surface area contributed by atoms with Crippen molar-refractivity contribution in [3.8, 4) is 11.5 Å². The third kappa shape index (κ3) is 5.74. The van der Waals surface area contributed by atoms with Crippen molar-refractivity contribution in [3.63, 3.8) is 0 Å². The average molecular weight is 736 g/mol. The van der Waals surface area contributed by atoms with Gasteiger partial charge in [0.15, 0.2) is 0 Å². The average Bonchev–Trinajstić information content (AvgIpc) is 3.38. The number of piperazine rings is 1. The number of fused-ring (bicyclic) bond motifs is 2. The van der Waals surface area contributed by atoms with Gasteiger partial charge in [-0.3, -0.25) is 34.3 Å². The minimum absolute atomic E-state index is 0.0803. The first kappa shape index (κ1) is 32.2. The molecule has 0 aliphatic carbocycles. The van der Waals surface area contributed by atoms with Crippen LogP contribution >= 0.6 is 15.9 Å². The van der Waals surface area contributed by atoms with Crippen LogP contribution < -0.4 is 15.0 Å².